The monoisotopic (exact) mass is 573 g/mol. The lowest BCUT2D eigenvalue weighted by molar-refractivity contribution is 1.19. The summed E-state index contributed by atoms with van der Waals surface area (Å²) < 4.78 is 1.71. The van der Waals surface area contributed by atoms with Crippen LogP contribution >= 0.6 is 0 Å². The second-order valence-corrected chi connectivity index (χ2v) is 10.9. The lowest BCUT2D eigenvalue weighted by atomic mass is 9.94. The molecule has 0 unspecified atom stereocenters. The van der Waals surface area contributed by atoms with E-state index >= 15 is 0 Å². The molecule has 0 atom stereocenters. The lowest BCUT2D eigenvalue weighted by Gasteiger charge is -2.12. The number of pyridine rings is 1. The molecule has 6 aromatic carbocycles. The second-order valence-electron chi connectivity index (χ2n) is 10.9. The van der Waals surface area contributed by atoms with Gasteiger partial charge in [0.15, 0.2) is 5.69 Å². The fraction of sp³-hybridized carbons (Fsp3) is 0. The molecule has 0 saturated heterocycles. The van der Waals surface area contributed by atoms with Crippen molar-refractivity contribution in [2.75, 3.05) is 0 Å². The highest BCUT2D eigenvalue weighted by atomic mass is 16.1. The Balaban J connectivity index is 1.47. The summed E-state index contributed by atoms with van der Waals surface area (Å²) >= 11 is 0. The number of aromatic nitrogens is 2. The normalized spacial score (nSPS) is 11.1. The number of rotatable bonds is 3. The van der Waals surface area contributed by atoms with Gasteiger partial charge in [0, 0.05) is 21.7 Å². The first-order valence-electron chi connectivity index (χ1n) is 14.2. The van der Waals surface area contributed by atoms with Gasteiger partial charge in [-0.25, -0.2) is 9.83 Å². The minimum atomic E-state index is -0.158. The molecule has 0 radical (unpaired) electrons. The van der Waals surface area contributed by atoms with Gasteiger partial charge < -0.3 is 0 Å². The van der Waals surface area contributed by atoms with E-state index in [1.807, 2.05) is 72.8 Å². The van der Waals surface area contributed by atoms with Crippen LogP contribution in [0.15, 0.2) is 120 Å². The fourth-order valence-corrected chi connectivity index (χ4v) is 6.27. The van der Waals surface area contributed by atoms with Crippen LogP contribution in [0.4, 0.5) is 5.69 Å². The molecule has 8 aromatic rings. The number of hydrogen-bond acceptors (Lipinski definition) is 4. The molecule has 0 spiro atoms. The smallest absolute Gasteiger partial charge is 0.264 e. The van der Waals surface area contributed by atoms with Crippen LogP contribution in [0.3, 0.4) is 0 Å². The molecule has 2 heterocycles. The summed E-state index contributed by atoms with van der Waals surface area (Å²) in [5.41, 5.74) is 8.91. The number of benzene rings is 6. The maximum Gasteiger partial charge on any atom is 0.264 e. The molecule has 45 heavy (non-hydrogen) atoms. The molecule has 206 valence electrons. The predicted molar refractivity (Wildman–Crippen MR) is 177 cm³/mol. The van der Waals surface area contributed by atoms with Crippen LogP contribution in [0.25, 0.3) is 76.5 Å². The van der Waals surface area contributed by atoms with Gasteiger partial charge in [0.1, 0.15) is 5.65 Å². The molecule has 6 nitrogen and oxygen atoms in total. The van der Waals surface area contributed by atoms with E-state index in [1.165, 1.54) is 0 Å². The molecular formula is C39H19N5O. The minimum absolute atomic E-state index is 0.158. The fourth-order valence-electron chi connectivity index (χ4n) is 6.27. The van der Waals surface area contributed by atoms with Crippen molar-refractivity contribution in [1.29, 1.82) is 10.5 Å². The maximum absolute atomic E-state index is 14.4. The van der Waals surface area contributed by atoms with Crippen molar-refractivity contribution in [1.82, 2.24) is 9.38 Å². The standard InChI is InChI=1S/C39H19N5O/c1-42-29-15-13-25(14-16-29)28-19-34(27-11-7-24(22-41)8-12-27)37-35(20-28)44-38(43-37)32-18-17-30(26-9-5-23(21-40)6-10-26)31-3-2-4-33(36(31)32)39(44)45/h2-20H. The number of hydrogen-bond donors (Lipinski definition) is 0. The largest absolute Gasteiger partial charge is 0.268 e. The van der Waals surface area contributed by atoms with Crippen LogP contribution in [0.1, 0.15) is 11.1 Å². The summed E-state index contributed by atoms with van der Waals surface area (Å²) in [6, 6.07) is 40.5. The molecule has 8 rings (SSSR count). The number of nitrogens with zero attached hydrogens (tertiary/aromatic N) is 5. The van der Waals surface area contributed by atoms with Crippen LogP contribution in [0.5, 0.6) is 0 Å². The molecule has 0 aliphatic heterocycles. The summed E-state index contributed by atoms with van der Waals surface area (Å²) in [4.78, 5) is 23.0. The van der Waals surface area contributed by atoms with Crippen LogP contribution < -0.4 is 5.56 Å². The molecule has 0 saturated carbocycles. The zero-order valence-electron chi connectivity index (χ0n) is 23.6. The number of fused-ring (bicyclic) bond motifs is 4. The van der Waals surface area contributed by atoms with Crippen molar-refractivity contribution in [3.63, 3.8) is 0 Å². The van der Waals surface area contributed by atoms with Crippen molar-refractivity contribution in [2.45, 2.75) is 0 Å². The van der Waals surface area contributed by atoms with E-state index in [0.29, 0.717) is 38.9 Å². The molecular weight excluding hydrogens is 554 g/mol. The van der Waals surface area contributed by atoms with Gasteiger partial charge in [0.05, 0.1) is 40.9 Å². The van der Waals surface area contributed by atoms with Crippen LogP contribution in [-0.4, -0.2) is 9.38 Å². The predicted octanol–water partition coefficient (Wildman–Crippen LogP) is 8.89. The van der Waals surface area contributed by atoms with E-state index < -0.39 is 0 Å². The van der Waals surface area contributed by atoms with Crippen LogP contribution in [0, 0.1) is 29.2 Å². The van der Waals surface area contributed by atoms with E-state index in [4.69, 9.17) is 11.6 Å². The van der Waals surface area contributed by atoms with Crippen molar-refractivity contribution in [3.8, 4) is 45.5 Å². The van der Waals surface area contributed by atoms with Crippen molar-refractivity contribution >= 4 is 43.9 Å². The maximum atomic E-state index is 14.4. The van der Waals surface area contributed by atoms with Gasteiger partial charge in [-0.3, -0.25) is 9.20 Å². The highest BCUT2D eigenvalue weighted by molar-refractivity contribution is 6.19. The van der Waals surface area contributed by atoms with E-state index in [1.54, 1.807) is 40.8 Å². The average Bonchev–Trinajstić information content (AvgIpc) is 3.50. The zero-order valence-corrected chi connectivity index (χ0v) is 23.6. The highest BCUT2D eigenvalue weighted by Crippen LogP contribution is 2.39. The minimum Gasteiger partial charge on any atom is -0.268 e. The van der Waals surface area contributed by atoms with Crippen molar-refractivity contribution in [2.24, 2.45) is 0 Å². The summed E-state index contributed by atoms with van der Waals surface area (Å²) in [6.45, 7) is 7.34. The third kappa shape index (κ3) is 3.93. The van der Waals surface area contributed by atoms with Gasteiger partial charge in [0.2, 0.25) is 0 Å². The Labute approximate surface area is 257 Å². The zero-order chi connectivity index (χ0) is 30.7. The first-order chi connectivity index (χ1) is 22.1. The molecule has 0 fully saturated rings. The molecule has 0 N–H and O–H groups in total. The Kier molecular flexibility index (Phi) is 5.68. The molecule has 0 bridgehead atoms. The SMILES string of the molecule is [C-]#[N+]c1ccc(-c2cc(-c3ccc(C#N)cc3)c3nc4c5ccc(-c6ccc(C#N)cc6)c6cccc(c(=O)n4c3c2)c65)cc1. The van der Waals surface area contributed by atoms with Gasteiger partial charge >= 0.3 is 0 Å². The summed E-state index contributed by atoms with van der Waals surface area (Å²) in [7, 11) is 0. The average molecular weight is 574 g/mol. The highest BCUT2D eigenvalue weighted by Gasteiger charge is 2.21. The van der Waals surface area contributed by atoms with E-state index in [2.05, 4.69) is 23.0 Å². The van der Waals surface area contributed by atoms with Gasteiger partial charge in [-0.2, -0.15) is 10.5 Å². The topological polar surface area (TPSA) is 86.3 Å². The Bertz CT molecular complexity index is 2670. The van der Waals surface area contributed by atoms with Gasteiger partial charge in [-0.1, -0.05) is 66.7 Å². The summed E-state index contributed by atoms with van der Waals surface area (Å²) in [5.74, 6) is 0. The van der Waals surface area contributed by atoms with Crippen molar-refractivity contribution in [3.05, 3.63) is 148 Å². The van der Waals surface area contributed by atoms with Gasteiger partial charge in [0.25, 0.3) is 5.56 Å². The Morgan fingerprint density at radius 1 is 0.644 bits per heavy atom. The third-order valence-electron chi connectivity index (χ3n) is 8.45. The van der Waals surface area contributed by atoms with Crippen LogP contribution in [-0.2, 0) is 0 Å². The molecule has 0 amide bonds. The Morgan fingerprint density at radius 3 is 1.91 bits per heavy atom. The summed E-state index contributed by atoms with van der Waals surface area (Å²) in [5, 5.41) is 21.9. The van der Waals surface area contributed by atoms with E-state index in [9.17, 15) is 15.3 Å². The van der Waals surface area contributed by atoms with E-state index in [0.717, 1.165) is 49.5 Å². The van der Waals surface area contributed by atoms with Crippen molar-refractivity contribution < 1.29 is 0 Å². The van der Waals surface area contributed by atoms with Gasteiger partial charge in [-0.05, 0) is 81.7 Å². The molecule has 2 aromatic heterocycles. The number of imidazole rings is 1. The number of nitriles is 2. The quantitative estimate of drug-likeness (QED) is 0.198. The van der Waals surface area contributed by atoms with Gasteiger partial charge in [-0.15, -0.1) is 0 Å². The Morgan fingerprint density at radius 2 is 1.27 bits per heavy atom. The molecule has 0 aliphatic rings. The second kappa shape index (κ2) is 9.89. The third-order valence-corrected chi connectivity index (χ3v) is 8.45. The molecule has 6 heteroatoms. The van der Waals surface area contributed by atoms with E-state index in [-0.39, 0.29) is 5.56 Å². The van der Waals surface area contributed by atoms with Crippen LogP contribution in [0.2, 0.25) is 0 Å². The first-order valence-corrected chi connectivity index (χ1v) is 14.2. The summed E-state index contributed by atoms with van der Waals surface area (Å²) in [6.07, 6.45) is 0. The first kappa shape index (κ1) is 25.9. The molecule has 0 aliphatic carbocycles. The Hall–Kier alpha value is -6.81. The lowest BCUT2D eigenvalue weighted by Crippen LogP contribution is -2.13.